The number of hydrogen-bond donors (Lipinski definition) is 1. The molecule has 33 heavy (non-hydrogen) atoms. The summed E-state index contributed by atoms with van der Waals surface area (Å²) in [5, 5.41) is 13.7. The van der Waals surface area contributed by atoms with E-state index in [0.717, 1.165) is 53.7 Å². The van der Waals surface area contributed by atoms with Gasteiger partial charge in [-0.2, -0.15) is 0 Å². The number of tetrazole rings is 1. The van der Waals surface area contributed by atoms with E-state index >= 15 is 0 Å². The van der Waals surface area contributed by atoms with Gasteiger partial charge >= 0.3 is 0 Å². The number of fused-ring (bicyclic) bond motifs is 1. The highest BCUT2D eigenvalue weighted by molar-refractivity contribution is 5.81. The van der Waals surface area contributed by atoms with Gasteiger partial charge in [0.05, 0.1) is 18.1 Å². The van der Waals surface area contributed by atoms with E-state index in [0.29, 0.717) is 19.1 Å². The first-order valence-corrected chi connectivity index (χ1v) is 11.8. The van der Waals surface area contributed by atoms with Gasteiger partial charge in [0.1, 0.15) is 0 Å². The molecule has 0 atom stereocenters. The number of nitrogens with zero attached hydrogens (tertiary/aromatic N) is 5. The summed E-state index contributed by atoms with van der Waals surface area (Å²) < 4.78 is 2.01. The molecule has 0 unspecified atom stereocenters. The number of pyridine rings is 1. The van der Waals surface area contributed by atoms with Gasteiger partial charge in [-0.15, -0.1) is 5.10 Å². The molecule has 0 spiro atoms. The lowest BCUT2D eigenvalue weighted by atomic mass is 10.1. The van der Waals surface area contributed by atoms with E-state index in [1.54, 1.807) is 0 Å². The largest absolute Gasteiger partial charge is 0.321 e. The van der Waals surface area contributed by atoms with Crippen LogP contribution in [0.3, 0.4) is 0 Å². The zero-order valence-corrected chi connectivity index (χ0v) is 19.1. The van der Waals surface area contributed by atoms with Gasteiger partial charge in [-0.05, 0) is 59.2 Å². The van der Waals surface area contributed by atoms with E-state index < -0.39 is 0 Å². The van der Waals surface area contributed by atoms with Crippen molar-refractivity contribution < 1.29 is 0 Å². The average molecular weight is 443 g/mol. The van der Waals surface area contributed by atoms with E-state index in [2.05, 4.69) is 55.7 Å². The number of benzene rings is 2. The van der Waals surface area contributed by atoms with Crippen molar-refractivity contribution in [2.75, 3.05) is 6.54 Å². The second-order valence-corrected chi connectivity index (χ2v) is 9.09. The molecule has 0 radical (unpaired) electrons. The lowest BCUT2D eigenvalue weighted by Gasteiger charge is -2.23. The van der Waals surface area contributed by atoms with Crippen LogP contribution in [0, 0.1) is 6.92 Å². The van der Waals surface area contributed by atoms with E-state index in [4.69, 9.17) is 0 Å². The van der Waals surface area contributed by atoms with E-state index in [9.17, 15) is 4.79 Å². The molecule has 1 N–H and O–H groups in total. The Bertz CT molecular complexity index is 1270. The van der Waals surface area contributed by atoms with Crippen LogP contribution in [0.2, 0.25) is 0 Å². The van der Waals surface area contributed by atoms with Gasteiger partial charge in [0, 0.05) is 18.7 Å². The summed E-state index contributed by atoms with van der Waals surface area (Å²) in [4.78, 5) is 18.3. The highest BCUT2D eigenvalue weighted by atomic mass is 16.1. The third-order valence-electron chi connectivity index (χ3n) is 6.71. The fourth-order valence-corrected chi connectivity index (χ4v) is 4.88. The van der Waals surface area contributed by atoms with Crippen LogP contribution >= 0.6 is 0 Å². The van der Waals surface area contributed by atoms with Gasteiger partial charge in [0.2, 0.25) is 0 Å². The SMILES string of the molecule is Cc1cccc2cc(CN(CCc3ccccc3)Cc3nnnn3C3CCCC3)c(=O)[nH]c12. The van der Waals surface area contributed by atoms with Crippen LogP contribution in [0.4, 0.5) is 0 Å². The smallest absolute Gasteiger partial charge is 0.252 e. The maximum absolute atomic E-state index is 12.9. The molecule has 7 nitrogen and oxygen atoms in total. The van der Waals surface area contributed by atoms with Gasteiger partial charge in [0.25, 0.3) is 5.56 Å². The molecule has 0 bridgehead atoms. The van der Waals surface area contributed by atoms with Crippen LogP contribution < -0.4 is 5.56 Å². The first kappa shape index (κ1) is 21.5. The molecule has 4 aromatic rings. The van der Waals surface area contributed by atoms with Crippen molar-refractivity contribution in [1.29, 1.82) is 0 Å². The number of aromatic nitrogens is 5. The van der Waals surface area contributed by atoms with Gasteiger partial charge < -0.3 is 4.98 Å². The zero-order chi connectivity index (χ0) is 22.6. The summed E-state index contributed by atoms with van der Waals surface area (Å²) in [6.45, 7) is 3.99. The molecule has 0 aliphatic heterocycles. The monoisotopic (exact) mass is 442 g/mol. The summed E-state index contributed by atoms with van der Waals surface area (Å²) in [5.74, 6) is 0.878. The van der Waals surface area contributed by atoms with Gasteiger partial charge in [-0.1, -0.05) is 61.4 Å². The quantitative estimate of drug-likeness (QED) is 0.443. The molecule has 0 saturated heterocycles. The fraction of sp³-hybridized carbons (Fsp3) is 0.385. The van der Waals surface area contributed by atoms with E-state index in [1.807, 2.05) is 35.9 Å². The molecule has 2 heterocycles. The lowest BCUT2D eigenvalue weighted by molar-refractivity contribution is 0.243. The van der Waals surface area contributed by atoms with Gasteiger partial charge in [-0.25, -0.2) is 4.68 Å². The van der Waals surface area contributed by atoms with Crippen LogP contribution in [0.1, 0.15) is 54.2 Å². The third kappa shape index (κ3) is 4.88. The molecule has 2 aromatic carbocycles. The van der Waals surface area contributed by atoms with Crippen LogP contribution in [0.25, 0.3) is 10.9 Å². The van der Waals surface area contributed by atoms with E-state index in [1.165, 1.54) is 18.4 Å². The predicted octanol–water partition coefficient (Wildman–Crippen LogP) is 4.18. The van der Waals surface area contributed by atoms with Crippen molar-refractivity contribution in [2.45, 2.75) is 58.2 Å². The number of nitrogens with one attached hydrogen (secondary N) is 1. The second kappa shape index (κ2) is 9.67. The molecule has 1 aliphatic rings. The Kier molecular flexibility index (Phi) is 6.30. The Hall–Kier alpha value is -3.32. The Balaban J connectivity index is 1.41. The first-order valence-electron chi connectivity index (χ1n) is 11.8. The minimum Gasteiger partial charge on any atom is -0.321 e. The molecule has 2 aromatic heterocycles. The summed E-state index contributed by atoms with van der Waals surface area (Å²) in [5.41, 5.74) is 4.00. The van der Waals surface area contributed by atoms with Crippen LogP contribution in [0.5, 0.6) is 0 Å². The van der Waals surface area contributed by atoms with Crippen molar-refractivity contribution in [2.24, 2.45) is 0 Å². The summed E-state index contributed by atoms with van der Waals surface area (Å²) in [7, 11) is 0. The maximum Gasteiger partial charge on any atom is 0.252 e. The summed E-state index contributed by atoms with van der Waals surface area (Å²) in [6.07, 6.45) is 5.62. The number of para-hydroxylation sites is 1. The molecule has 0 amide bonds. The van der Waals surface area contributed by atoms with E-state index in [-0.39, 0.29) is 5.56 Å². The minimum atomic E-state index is -0.0307. The third-order valence-corrected chi connectivity index (χ3v) is 6.71. The normalized spacial score (nSPS) is 14.5. The topological polar surface area (TPSA) is 79.7 Å². The van der Waals surface area contributed by atoms with Crippen molar-refractivity contribution in [1.82, 2.24) is 30.1 Å². The van der Waals surface area contributed by atoms with Crippen molar-refractivity contribution in [3.8, 4) is 0 Å². The fourth-order valence-electron chi connectivity index (χ4n) is 4.88. The summed E-state index contributed by atoms with van der Waals surface area (Å²) in [6, 6.07) is 19.0. The first-order chi connectivity index (χ1) is 16.2. The Morgan fingerprint density at radius 3 is 2.70 bits per heavy atom. The lowest BCUT2D eigenvalue weighted by Crippen LogP contribution is -2.30. The molecule has 170 valence electrons. The molecule has 1 fully saturated rings. The van der Waals surface area contributed by atoms with Crippen LogP contribution in [-0.2, 0) is 19.5 Å². The van der Waals surface area contributed by atoms with Crippen molar-refractivity contribution >= 4 is 10.9 Å². The number of aryl methyl sites for hydroxylation is 1. The molecular formula is C26H30N6O. The van der Waals surface area contributed by atoms with Crippen molar-refractivity contribution in [3.05, 3.63) is 87.5 Å². The standard InChI is InChI=1S/C26H30N6O/c1-19-8-7-11-21-16-22(26(33)27-25(19)21)17-31(15-14-20-9-3-2-4-10-20)18-24-28-29-30-32(24)23-12-5-6-13-23/h2-4,7-11,16,23H,5-6,12-15,17-18H2,1H3,(H,27,33). The second-order valence-electron chi connectivity index (χ2n) is 9.09. The van der Waals surface area contributed by atoms with Crippen LogP contribution in [-0.4, -0.2) is 36.6 Å². The average Bonchev–Trinajstić information content (AvgIpc) is 3.51. The number of rotatable bonds is 8. The van der Waals surface area contributed by atoms with Gasteiger partial charge in [-0.3, -0.25) is 9.69 Å². The predicted molar refractivity (Wildman–Crippen MR) is 129 cm³/mol. The molecule has 5 rings (SSSR count). The molecule has 1 aliphatic carbocycles. The number of aromatic amines is 1. The Labute approximate surface area is 193 Å². The highest BCUT2D eigenvalue weighted by Gasteiger charge is 2.23. The van der Waals surface area contributed by atoms with Crippen LogP contribution in [0.15, 0.2) is 59.4 Å². The maximum atomic E-state index is 12.9. The van der Waals surface area contributed by atoms with Gasteiger partial charge in [0.15, 0.2) is 5.82 Å². The number of hydrogen-bond acceptors (Lipinski definition) is 5. The minimum absolute atomic E-state index is 0.0307. The summed E-state index contributed by atoms with van der Waals surface area (Å²) >= 11 is 0. The Morgan fingerprint density at radius 1 is 1.06 bits per heavy atom. The zero-order valence-electron chi connectivity index (χ0n) is 19.1. The Morgan fingerprint density at radius 2 is 1.88 bits per heavy atom. The molecular weight excluding hydrogens is 412 g/mol. The molecule has 7 heteroatoms. The molecule has 1 saturated carbocycles. The number of H-pyrrole nitrogens is 1. The van der Waals surface area contributed by atoms with Crippen molar-refractivity contribution in [3.63, 3.8) is 0 Å². The highest BCUT2D eigenvalue weighted by Crippen LogP contribution is 2.29.